The Morgan fingerprint density at radius 1 is 1.35 bits per heavy atom. The van der Waals surface area contributed by atoms with E-state index >= 15 is 0 Å². The smallest absolute Gasteiger partial charge is 0.263 e. The summed E-state index contributed by atoms with van der Waals surface area (Å²) >= 11 is 3.06. The Bertz CT molecular complexity index is 969. The standard InChI is InChI=1S/C18H20N4O2S2/c1-19-12-4-6-21(7-5-12)15(23)9-22-11-20-17-16(18(22)24)13(10-26-17)14-3-2-8-25-14/h2-3,8,10-12,19H,4-7,9H2,1H3. The van der Waals surface area contributed by atoms with Crippen LogP contribution < -0.4 is 10.9 Å². The van der Waals surface area contributed by atoms with E-state index in [1.165, 1.54) is 22.2 Å². The van der Waals surface area contributed by atoms with Crippen LogP contribution >= 0.6 is 22.7 Å². The largest absolute Gasteiger partial charge is 0.341 e. The fourth-order valence-corrected chi connectivity index (χ4v) is 5.08. The van der Waals surface area contributed by atoms with Gasteiger partial charge in [0.15, 0.2) is 0 Å². The minimum atomic E-state index is -0.141. The van der Waals surface area contributed by atoms with Crippen molar-refractivity contribution in [1.82, 2.24) is 19.8 Å². The summed E-state index contributed by atoms with van der Waals surface area (Å²) in [6.07, 6.45) is 3.39. The number of carbonyl (C=O) groups is 1. The van der Waals surface area contributed by atoms with Crippen LogP contribution in [0.2, 0.25) is 0 Å². The van der Waals surface area contributed by atoms with Crippen molar-refractivity contribution < 1.29 is 4.79 Å². The molecule has 0 atom stereocenters. The third-order valence-corrected chi connectivity index (χ3v) is 6.70. The summed E-state index contributed by atoms with van der Waals surface area (Å²) in [5, 5.41) is 7.83. The number of fused-ring (bicyclic) bond motifs is 1. The summed E-state index contributed by atoms with van der Waals surface area (Å²) in [5.41, 5.74) is 0.771. The molecule has 0 aromatic carbocycles. The molecule has 0 spiro atoms. The lowest BCUT2D eigenvalue weighted by molar-refractivity contribution is -0.133. The molecule has 26 heavy (non-hydrogen) atoms. The highest BCUT2D eigenvalue weighted by Crippen LogP contribution is 2.33. The monoisotopic (exact) mass is 388 g/mol. The van der Waals surface area contributed by atoms with Gasteiger partial charge in [0.2, 0.25) is 5.91 Å². The molecule has 0 aliphatic carbocycles. The van der Waals surface area contributed by atoms with Gasteiger partial charge >= 0.3 is 0 Å². The molecular weight excluding hydrogens is 368 g/mol. The van der Waals surface area contributed by atoms with Crippen LogP contribution in [-0.2, 0) is 11.3 Å². The van der Waals surface area contributed by atoms with Crippen LogP contribution in [0.1, 0.15) is 12.8 Å². The third kappa shape index (κ3) is 3.20. The van der Waals surface area contributed by atoms with E-state index in [0.717, 1.165) is 41.2 Å². The molecule has 1 N–H and O–H groups in total. The molecule has 0 unspecified atom stereocenters. The normalized spacial score (nSPS) is 15.7. The van der Waals surface area contributed by atoms with Crippen molar-refractivity contribution in [1.29, 1.82) is 0 Å². The Labute approximate surface area is 159 Å². The molecule has 1 amide bonds. The van der Waals surface area contributed by atoms with E-state index in [4.69, 9.17) is 0 Å². The summed E-state index contributed by atoms with van der Waals surface area (Å²) in [5.74, 6) is -0.0179. The molecule has 1 aliphatic heterocycles. The number of likely N-dealkylation sites (tertiary alicyclic amines) is 1. The van der Waals surface area contributed by atoms with Crippen LogP contribution in [0, 0.1) is 0 Å². The van der Waals surface area contributed by atoms with Gasteiger partial charge in [-0.2, -0.15) is 0 Å². The highest BCUT2D eigenvalue weighted by molar-refractivity contribution is 7.18. The van der Waals surface area contributed by atoms with Crippen LogP contribution in [0.4, 0.5) is 0 Å². The zero-order valence-corrected chi connectivity index (χ0v) is 16.1. The molecule has 136 valence electrons. The van der Waals surface area contributed by atoms with Gasteiger partial charge in [0, 0.05) is 35.0 Å². The quantitative estimate of drug-likeness (QED) is 0.745. The molecule has 4 heterocycles. The van der Waals surface area contributed by atoms with E-state index in [1.807, 2.05) is 34.8 Å². The molecule has 8 heteroatoms. The number of nitrogens with zero attached hydrogens (tertiary/aromatic N) is 3. The number of thiophene rings is 2. The lowest BCUT2D eigenvalue weighted by atomic mass is 10.1. The first-order valence-corrected chi connectivity index (χ1v) is 10.4. The van der Waals surface area contributed by atoms with Gasteiger partial charge in [0.05, 0.1) is 11.7 Å². The lowest BCUT2D eigenvalue weighted by Crippen LogP contribution is -2.45. The summed E-state index contributed by atoms with van der Waals surface area (Å²) in [6, 6.07) is 4.44. The van der Waals surface area contributed by atoms with Crippen molar-refractivity contribution in [3.63, 3.8) is 0 Å². The van der Waals surface area contributed by atoms with Crippen molar-refractivity contribution in [3.8, 4) is 10.4 Å². The fourth-order valence-electron chi connectivity index (χ4n) is 3.36. The summed E-state index contributed by atoms with van der Waals surface area (Å²) in [7, 11) is 1.95. The van der Waals surface area contributed by atoms with E-state index in [-0.39, 0.29) is 18.0 Å². The van der Waals surface area contributed by atoms with Crippen LogP contribution in [0.5, 0.6) is 0 Å². The van der Waals surface area contributed by atoms with Gasteiger partial charge in [-0.15, -0.1) is 22.7 Å². The van der Waals surface area contributed by atoms with Crippen LogP contribution in [0.15, 0.2) is 34.0 Å². The summed E-state index contributed by atoms with van der Waals surface area (Å²) < 4.78 is 1.44. The maximum atomic E-state index is 13.0. The summed E-state index contributed by atoms with van der Waals surface area (Å²) in [4.78, 5) is 33.6. The SMILES string of the molecule is CNC1CCN(C(=O)Cn2cnc3scc(-c4cccs4)c3c2=O)CC1. The number of nitrogens with one attached hydrogen (secondary N) is 1. The Morgan fingerprint density at radius 3 is 2.85 bits per heavy atom. The minimum Gasteiger partial charge on any atom is -0.341 e. The van der Waals surface area contributed by atoms with Crippen molar-refractivity contribution in [2.75, 3.05) is 20.1 Å². The van der Waals surface area contributed by atoms with E-state index in [0.29, 0.717) is 11.4 Å². The lowest BCUT2D eigenvalue weighted by Gasteiger charge is -2.31. The molecule has 1 fully saturated rings. The fraction of sp³-hybridized carbons (Fsp3) is 0.389. The second kappa shape index (κ2) is 7.30. The Morgan fingerprint density at radius 2 is 2.15 bits per heavy atom. The number of aromatic nitrogens is 2. The number of hydrogen-bond acceptors (Lipinski definition) is 6. The average Bonchev–Trinajstić information content (AvgIpc) is 3.33. The highest BCUT2D eigenvalue weighted by Gasteiger charge is 2.23. The molecule has 1 saturated heterocycles. The third-order valence-electron chi connectivity index (χ3n) is 4.91. The van der Waals surface area contributed by atoms with Crippen molar-refractivity contribution in [2.24, 2.45) is 0 Å². The summed E-state index contributed by atoms with van der Waals surface area (Å²) in [6.45, 7) is 1.51. The van der Waals surface area contributed by atoms with E-state index in [1.54, 1.807) is 11.3 Å². The first-order valence-electron chi connectivity index (χ1n) is 8.63. The molecule has 0 radical (unpaired) electrons. The second-order valence-electron chi connectivity index (χ2n) is 6.43. The topological polar surface area (TPSA) is 67.2 Å². The number of hydrogen-bond donors (Lipinski definition) is 1. The molecule has 0 saturated carbocycles. The molecule has 6 nitrogen and oxygen atoms in total. The van der Waals surface area contributed by atoms with Crippen LogP contribution in [0.3, 0.4) is 0 Å². The Balaban J connectivity index is 1.59. The van der Waals surface area contributed by atoms with Crippen LogP contribution in [-0.4, -0.2) is 46.5 Å². The maximum absolute atomic E-state index is 13.0. The Kier molecular flexibility index (Phi) is 4.88. The number of piperidine rings is 1. The molecule has 3 aromatic heterocycles. The highest BCUT2D eigenvalue weighted by atomic mass is 32.1. The van der Waals surface area contributed by atoms with E-state index in [9.17, 15) is 9.59 Å². The zero-order valence-electron chi connectivity index (χ0n) is 14.5. The predicted molar refractivity (Wildman–Crippen MR) is 106 cm³/mol. The van der Waals surface area contributed by atoms with E-state index < -0.39 is 0 Å². The molecule has 1 aliphatic rings. The first kappa shape index (κ1) is 17.4. The van der Waals surface area contributed by atoms with Gasteiger partial charge in [-0.05, 0) is 31.3 Å². The zero-order chi connectivity index (χ0) is 18.1. The first-order chi connectivity index (χ1) is 12.7. The number of amides is 1. The van der Waals surface area contributed by atoms with Gasteiger partial charge in [-0.1, -0.05) is 6.07 Å². The second-order valence-corrected chi connectivity index (χ2v) is 8.23. The van der Waals surface area contributed by atoms with Gasteiger partial charge in [-0.3, -0.25) is 14.2 Å². The molecule has 0 bridgehead atoms. The van der Waals surface area contributed by atoms with Crippen molar-refractivity contribution >= 4 is 38.8 Å². The van der Waals surface area contributed by atoms with Gasteiger partial charge in [0.25, 0.3) is 5.56 Å². The minimum absolute atomic E-state index is 0.0179. The van der Waals surface area contributed by atoms with E-state index in [2.05, 4.69) is 10.3 Å². The van der Waals surface area contributed by atoms with Crippen molar-refractivity contribution in [2.45, 2.75) is 25.4 Å². The molecule has 3 aromatic rings. The number of carbonyl (C=O) groups excluding carboxylic acids is 1. The van der Waals surface area contributed by atoms with Gasteiger partial charge < -0.3 is 10.2 Å². The van der Waals surface area contributed by atoms with Gasteiger partial charge in [-0.25, -0.2) is 4.98 Å². The van der Waals surface area contributed by atoms with Crippen LogP contribution in [0.25, 0.3) is 20.7 Å². The molecular formula is C18H20N4O2S2. The van der Waals surface area contributed by atoms with Crippen molar-refractivity contribution in [3.05, 3.63) is 39.6 Å². The Hall–Kier alpha value is -2.03. The maximum Gasteiger partial charge on any atom is 0.263 e. The molecule has 4 rings (SSSR count). The average molecular weight is 389 g/mol. The van der Waals surface area contributed by atoms with Gasteiger partial charge in [0.1, 0.15) is 11.4 Å². The predicted octanol–water partition coefficient (Wildman–Crippen LogP) is 2.40. The number of rotatable bonds is 4.